The summed E-state index contributed by atoms with van der Waals surface area (Å²) < 4.78 is 16.5. The number of nitrogens with one attached hydrogen (secondary N) is 1. The van der Waals surface area contributed by atoms with Gasteiger partial charge in [-0.2, -0.15) is 0 Å². The topological polar surface area (TPSA) is 73.9 Å². The number of rotatable bonds is 8. The number of hydrogen-bond donors (Lipinski definition) is 1. The maximum absolute atomic E-state index is 12.0. The Balaban J connectivity index is 1.53. The van der Waals surface area contributed by atoms with Gasteiger partial charge < -0.3 is 19.5 Å². The van der Waals surface area contributed by atoms with E-state index < -0.39 is 5.97 Å². The quantitative estimate of drug-likeness (QED) is 0.549. The summed E-state index contributed by atoms with van der Waals surface area (Å²) in [5, 5.41) is 2.71. The molecular formula is C23H25NO5. The van der Waals surface area contributed by atoms with Gasteiger partial charge in [-0.1, -0.05) is 30.3 Å². The van der Waals surface area contributed by atoms with Gasteiger partial charge in [0.25, 0.3) is 5.91 Å². The van der Waals surface area contributed by atoms with Gasteiger partial charge >= 0.3 is 5.97 Å². The van der Waals surface area contributed by atoms with Crippen LogP contribution in [0, 0.1) is 0 Å². The maximum Gasteiger partial charge on any atom is 0.331 e. The summed E-state index contributed by atoms with van der Waals surface area (Å²) in [5.41, 5.74) is 2.80. The molecule has 0 bridgehead atoms. The van der Waals surface area contributed by atoms with Gasteiger partial charge in [0, 0.05) is 30.2 Å². The molecule has 29 heavy (non-hydrogen) atoms. The van der Waals surface area contributed by atoms with Crippen molar-refractivity contribution in [3.05, 3.63) is 65.2 Å². The highest BCUT2D eigenvalue weighted by Crippen LogP contribution is 2.35. The molecule has 1 aliphatic rings. The molecular weight excluding hydrogens is 370 g/mol. The largest absolute Gasteiger partial charge is 0.493 e. The molecule has 1 amide bonds. The number of ether oxygens (including phenoxy) is 3. The van der Waals surface area contributed by atoms with Crippen LogP contribution in [0.2, 0.25) is 0 Å². The molecule has 0 fully saturated rings. The zero-order valence-electron chi connectivity index (χ0n) is 16.6. The van der Waals surface area contributed by atoms with Crippen LogP contribution < -0.4 is 14.8 Å². The highest BCUT2D eigenvalue weighted by molar-refractivity contribution is 5.89. The van der Waals surface area contributed by atoms with E-state index in [1.54, 1.807) is 6.08 Å². The van der Waals surface area contributed by atoms with Crippen molar-refractivity contribution in [1.29, 1.82) is 0 Å². The van der Waals surface area contributed by atoms with Crippen LogP contribution in [-0.4, -0.2) is 31.2 Å². The fraction of sp³-hybridized carbons (Fsp3) is 0.304. The molecule has 0 spiro atoms. The monoisotopic (exact) mass is 395 g/mol. The number of carbonyl (C=O) groups is 2. The van der Waals surface area contributed by atoms with Crippen molar-refractivity contribution < 1.29 is 23.8 Å². The molecule has 6 nitrogen and oxygen atoms in total. The molecule has 1 aliphatic heterocycles. The van der Waals surface area contributed by atoms with E-state index in [1.807, 2.05) is 56.3 Å². The molecule has 0 saturated heterocycles. The number of carbonyl (C=O) groups excluding carboxylic acids is 2. The fourth-order valence-electron chi connectivity index (χ4n) is 3.06. The second kappa shape index (κ2) is 9.78. The van der Waals surface area contributed by atoms with Crippen molar-refractivity contribution >= 4 is 18.0 Å². The van der Waals surface area contributed by atoms with Gasteiger partial charge in [-0.15, -0.1) is 0 Å². The minimum Gasteiger partial charge on any atom is -0.493 e. The maximum atomic E-state index is 12.0. The van der Waals surface area contributed by atoms with E-state index in [0.29, 0.717) is 18.9 Å². The van der Waals surface area contributed by atoms with Crippen LogP contribution in [0.3, 0.4) is 0 Å². The third-order valence-corrected chi connectivity index (χ3v) is 4.41. The average Bonchev–Trinajstić information content (AvgIpc) is 3.08. The summed E-state index contributed by atoms with van der Waals surface area (Å²) in [7, 11) is 0. The summed E-state index contributed by atoms with van der Waals surface area (Å²) in [6.45, 7) is 4.48. The molecule has 0 saturated carbocycles. The summed E-state index contributed by atoms with van der Waals surface area (Å²) in [4.78, 5) is 23.8. The Morgan fingerprint density at radius 2 is 2.03 bits per heavy atom. The van der Waals surface area contributed by atoms with E-state index in [4.69, 9.17) is 14.2 Å². The van der Waals surface area contributed by atoms with Crippen molar-refractivity contribution in [3.8, 4) is 11.5 Å². The molecule has 3 rings (SSSR count). The van der Waals surface area contributed by atoms with Crippen molar-refractivity contribution in [2.75, 3.05) is 13.2 Å². The van der Waals surface area contributed by atoms with Gasteiger partial charge in [0.2, 0.25) is 0 Å². The fourth-order valence-corrected chi connectivity index (χ4v) is 3.06. The molecule has 2 aromatic carbocycles. The highest BCUT2D eigenvalue weighted by atomic mass is 16.5. The van der Waals surface area contributed by atoms with Gasteiger partial charge in [0.15, 0.2) is 6.61 Å². The molecule has 0 aromatic heterocycles. The van der Waals surface area contributed by atoms with E-state index in [1.165, 1.54) is 6.08 Å². The molecule has 0 aliphatic carbocycles. The van der Waals surface area contributed by atoms with Gasteiger partial charge in [0.05, 0.1) is 6.61 Å². The first-order valence-electron chi connectivity index (χ1n) is 9.67. The van der Waals surface area contributed by atoms with E-state index in [9.17, 15) is 9.59 Å². The van der Waals surface area contributed by atoms with Crippen molar-refractivity contribution in [1.82, 2.24) is 5.32 Å². The summed E-state index contributed by atoms with van der Waals surface area (Å²) in [6.07, 6.45) is 3.85. The zero-order chi connectivity index (χ0) is 20.6. The first-order chi connectivity index (χ1) is 14.0. The standard InChI is InChI=1S/C23H25NO5/c1-3-27-20-13-19-11-16(2)29-21(19)12-18(20)9-10-23(26)28-15-22(25)24-14-17-7-5-4-6-8-17/h4-10,12-13,16H,3,11,14-15H2,1-2H3,(H,24,25)/b10-9+/t16-/m0/s1. The zero-order valence-corrected chi connectivity index (χ0v) is 16.6. The Kier molecular flexibility index (Phi) is 6.89. The number of esters is 1. The smallest absolute Gasteiger partial charge is 0.331 e. The van der Waals surface area contributed by atoms with E-state index in [2.05, 4.69) is 5.32 Å². The predicted octanol–water partition coefficient (Wildman–Crippen LogP) is 3.28. The number of amides is 1. The van der Waals surface area contributed by atoms with Crippen molar-refractivity contribution in [2.45, 2.75) is 32.9 Å². The molecule has 6 heteroatoms. The first kappa shape index (κ1) is 20.5. The Bertz CT molecular complexity index is 892. The van der Waals surface area contributed by atoms with E-state index >= 15 is 0 Å². The Morgan fingerprint density at radius 3 is 2.79 bits per heavy atom. The third kappa shape index (κ3) is 5.85. The molecule has 0 unspecified atom stereocenters. The van der Waals surface area contributed by atoms with E-state index in [0.717, 1.165) is 28.9 Å². The molecule has 1 N–H and O–H groups in total. The van der Waals surface area contributed by atoms with Crippen LogP contribution in [0.15, 0.2) is 48.5 Å². The highest BCUT2D eigenvalue weighted by Gasteiger charge is 2.21. The molecule has 0 radical (unpaired) electrons. The first-order valence-corrected chi connectivity index (χ1v) is 9.67. The Hall–Kier alpha value is -3.28. The third-order valence-electron chi connectivity index (χ3n) is 4.41. The lowest BCUT2D eigenvalue weighted by atomic mass is 10.1. The summed E-state index contributed by atoms with van der Waals surface area (Å²) >= 11 is 0. The van der Waals surface area contributed by atoms with E-state index in [-0.39, 0.29) is 18.6 Å². The van der Waals surface area contributed by atoms with Crippen LogP contribution in [0.4, 0.5) is 0 Å². The Labute approximate surface area is 170 Å². The SMILES string of the molecule is CCOc1cc2c(cc1/C=C/C(=O)OCC(=O)NCc1ccccc1)O[C@@H](C)C2. The van der Waals surface area contributed by atoms with Crippen molar-refractivity contribution in [3.63, 3.8) is 0 Å². The average molecular weight is 395 g/mol. The molecule has 2 aromatic rings. The number of hydrogen-bond acceptors (Lipinski definition) is 5. The second-order valence-electron chi connectivity index (χ2n) is 6.77. The van der Waals surface area contributed by atoms with Crippen LogP contribution in [0.25, 0.3) is 6.08 Å². The number of benzene rings is 2. The van der Waals surface area contributed by atoms with Gasteiger partial charge in [-0.25, -0.2) is 4.79 Å². The summed E-state index contributed by atoms with van der Waals surface area (Å²) in [6, 6.07) is 13.3. The van der Waals surface area contributed by atoms with Crippen LogP contribution in [-0.2, 0) is 27.3 Å². The van der Waals surface area contributed by atoms with Crippen LogP contribution in [0.5, 0.6) is 11.5 Å². The molecule has 1 atom stereocenters. The number of fused-ring (bicyclic) bond motifs is 1. The summed E-state index contributed by atoms with van der Waals surface area (Å²) in [5.74, 6) is 0.533. The minimum absolute atomic E-state index is 0.123. The Morgan fingerprint density at radius 1 is 1.24 bits per heavy atom. The second-order valence-corrected chi connectivity index (χ2v) is 6.77. The van der Waals surface area contributed by atoms with Gasteiger partial charge in [0.1, 0.15) is 17.6 Å². The lowest BCUT2D eigenvalue weighted by molar-refractivity contribution is -0.143. The van der Waals surface area contributed by atoms with Crippen LogP contribution in [0.1, 0.15) is 30.5 Å². The van der Waals surface area contributed by atoms with Gasteiger partial charge in [-0.3, -0.25) is 4.79 Å². The molecule has 152 valence electrons. The lowest BCUT2D eigenvalue weighted by Gasteiger charge is -2.10. The minimum atomic E-state index is -0.600. The van der Waals surface area contributed by atoms with Crippen molar-refractivity contribution in [2.24, 2.45) is 0 Å². The molecule has 1 heterocycles. The lowest BCUT2D eigenvalue weighted by Crippen LogP contribution is -2.28. The normalized spacial score (nSPS) is 14.9. The van der Waals surface area contributed by atoms with Gasteiger partial charge in [-0.05, 0) is 37.6 Å². The van der Waals surface area contributed by atoms with Crippen LogP contribution >= 0.6 is 0 Å². The predicted molar refractivity (Wildman–Crippen MR) is 110 cm³/mol.